The average Bonchev–Trinajstić information content (AvgIpc) is 2.47. The van der Waals surface area contributed by atoms with Crippen LogP contribution in [-0.4, -0.2) is 31.5 Å². The van der Waals surface area contributed by atoms with Crippen molar-refractivity contribution in [3.8, 4) is 0 Å². The molecule has 0 aliphatic rings. The third-order valence-electron chi connectivity index (χ3n) is 3.34. The predicted molar refractivity (Wildman–Crippen MR) is 86.3 cm³/mol. The second-order valence-corrected chi connectivity index (χ2v) is 6.33. The number of amides is 2. The minimum atomic E-state index is -0.583. The van der Waals surface area contributed by atoms with Crippen molar-refractivity contribution >= 4 is 11.8 Å². The molecule has 1 aromatic carbocycles. The molecule has 2 unspecified atom stereocenters. The third kappa shape index (κ3) is 5.48. The first-order chi connectivity index (χ1) is 10.3. The van der Waals surface area contributed by atoms with Crippen molar-refractivity contribution < 1.29 is 14.3 Å². The number of ether oxygens (including phenoxy) is 1. The molecule has 0 spiro atoms. The Bertz CT molecular complexity index is 494. The van der Waals surface area contributed by atoms with Crippen LogP contribution in [0.25, 0.3) is 0 Å². The smallest absolute Gasteiger partial charge is 0.242 e. The van der Waals surface area contributed by atoms with Crippen molar-refractivity contribution in [2.24, 2.45) is 5.41 Å². The monoisotopic (exact) mass is 306 g/mol. The van der Waals surface area contributed by atoms with Gasteiger partial charge in [0.2, 0.25) is 11.8 Å². The van der Waals surface area contributed by atoms with Crippen molar-refractivity contribution in [2.75, 3.05) is 13.7 Å². The Balaban J connectivity index is 2.52. The molecule has 0 radical (unpaired) electrons. The van der Waals surface area contributed by atoms with Gasteiger partial charge in [0.25, 0.3) is 0 Å². The summed E-state index contributed by atoms with van der Waals surface area (Å²) in [5.74, 6) is -0.378. The zero-order chi connectivity index (χ0) is 16.8. The van der Waals surface area contributed by atoms with E-state index in [0.29, 0.717) is 6.54 Å². The number of hydrogen-bond donors (Lipinski definition) is 2. The van der Waals surface area contributed by atoms with Crippen LogP contribution >= 0.6 is 0 Å². The molecule has 0 saturated carbocycles. The minimum Gasteiger partial charge on any atom is -0.375 e. The number of nitrogens with one attached hydrogen (secondary N) is 2. The Morgan fingerprint density at radius 2 is 1.77 bits per heavy atom. The summed E-state index contributed by atoms with van der Waals surface area (Å²) in [5.41, 5.74) is 0.477. The van der Waals surface area contributed by atoms with Crippen LogP contribution < -0.4 is 10.6 Å². The maximum Gasteiger partial charge on any atom is 0.242 e. The van der Waals surface area contributed by atoms with E-state index in [1.807, 2.05) is 51.1 Å². The first-order valence-corrected chi connectivity index (χ1v) is 7.42. The number of hydrogen-bond acceptors (Lipinski definition) is 3. The number of carbonyl (C=O) groups is 2. The molecular formula is C17H26N2O3. The van der Waals surface area contributed by atoms with Gasteiger partial charge in [0.15, 0.2) is 0 Å². The number of benzene rings is 1. The lowest BCUT2D eigenvalue weighted by Crippen LogP contribution is -2.48. The van der Waals surface area contributed by atoms with Gasteiger partial charge in [-0.2, -0.15) is 0 Å². The first-order valence-electron chi connectivity index (χ1n) is 7.42. The SMILES string of the molecule is COC(CNC(=O)C(C)NC(=O)C(C)(C)C)c1ccccc1. The summed E-state index contributed by atoms with van der Waals surface area (Å²) in [6.45, 7) is 7.45. The van der Waals surface area contributed by atoms with Gasteiger partial charge in [-0.1, -0.05) is 51.1 Å². The Morgan fingerprint density at radius 1 is 1.18 bits per heavy atom. The van der Waals surface area contributed by atoms with Crippen LogP contribution in [0.2, 0.25) is 0 Å². The molecule has 5 heteroatoms. The molecule has 0 saturated heterocycles. The molecule has 0 fully saturated rings. The van der Waals surface area contributed by atoms with Crippen LogP contribution in [-0.2, 0) is 14.3 Å². The highest BCUT2D eigenvalue weighted by Crippen LogP contribution is 2.15. The second-order valence-electron chi connectivity index (χ2n) is 6.33. The van der Waals surface area contributed by atoms with E-state index in [-0.39, 0.29) is 17.9 Å². The van der Waals surface area contributed by atoms with Gasteiger partial charge in [-0.05, 0) is 12.5 Å². The van der Waals surface area contributed by atoms with Crippen LogP contribution in [0.5, 0.6) is 0 Å². The summed E-state index contributed by atoms with van der Waals surface area (Å²) >= 11 is 0. The van der Waals surface area contributed by atoms with Crippen LogP contribution in [0.4, 0.5) is 0 Å². The molecule has 0 aliphatic heterocycles. The average molecular weight is 306 g/mol. The zero-order valence-corrected chi connectivity index (χ0v) is 14.0. The van der Waals surface area contributed by atoms with Gasteiger partial charge in [0.1, 0.15) is 6.04 Å². The Morgan fingerprint density at radius 3 is 2.27 bits per heavy atom. The zero-order valence-electron chi connectivity index (χ0n) is 14.0. The summed E-state index contributed by atoms with van der Waals surface area (Å²) in [4.78, 5) is 24.0. The highest BCUT2D eigenvalue weighted by Gasteiger charge is 2.25. The Hall–Kier alpha value is -1.88. The molecule has 0 aliphatic carbocycles. The summed E-state index contributed by atoms with van der Waals surface area (Å²) < 4.78 is 5.40. The number of carbonyl (C=O) groups excluding carboxylic acids is 2. The molecule has 122 valence electrons. The molecular weight excluding hydrogens is 280 g/mol. The molecule has 2 N–H and O–H groups in total. The molecule has 22 heavy (non-hydrogen) atoms. The van der Waals surface area contributed by atoms with E-state index in [2.05, 4.69) is 10.6 Å². The van der Waals surface area contributed by atoms with Gasteiger partial charge in [-0.15, -0.1) is 0 Å². The van der Waals surface area contributed by atoms with Gasteiger partial charge < -0.3 is 15.4 Å². The summed E-state index contributed by atoms with van der Waals surface area (Å²) in [6.07, 6.45) is -0.212. The molecule has 1 rings (SSSR count). The lowest BCUT2D eigenvalue weighted by atomic mass is 9.95. The van der Waals surface area contributed by atoms with Crippen molar-refractivity contribution in [3.63, 3.8) is 0 Å². The molecule has 0 aromatic heterocycles. The highest BCUT2D eigenvalue weighted by atomic mass is 16.5. The van der Waals surface area contributed by atoms with Crippen LogP contribution in [0.1, 0.15) is 39.4 Å². The molecule has 0 bridgehead atoms. The van der Waals surface area contributed by atoms with E-state index in [4.69, 9.17) is 4.74 Å². The molecule has 5 nitrogen and oxygen atoms in total. The summed E-state index contributed by atoms with van der Waals surface area (Å²) in [6, 6.07) is 9.10. The van der Waals surface area contributed by atoms with E-state index in [1.165, 1.54) is 0 Å². The Labute approximate surface area is 132 Å². The predicted octanol–water partition coefficient (Wildman–Crippen LogP) is 2.04. The molecule has 0 heterocycles. The number of methoxy groups -OCH3 is 1. The second kappa shape index (κ2) is 7.94. The highest BCUT2D eigenvalue weighted by molar-refractivity contribution is 5.89. The molecule has 2 amide bonds. The Kier molecular flexibility index (Phi) is 6.56. The van der Waals surface area contributed by atoms with Gasteiger partial charge in [0, 0.05) is 19.1 Å². The van der Waals surface area contributed by atoms with Crippen molar-refractivity contribution in [2.45, 2.75) is 39.8 Å². The van der Waals surface area contributed by atoms with Crippen molar-refractivity contribution in [3.05, 3.63) is 35.9 Å². The fourth-order valence-corrected chi connectivity index (χ4v) is 1.83. The number of rotatable bonds is 6. The van der Waals surface area contributed by atoms with E-state index < -0.39 is 11.5 Å². The summed E-state index contributed by atoms with van der Waals surface area (Å²) in [5, 5.41) is 5.52. The normalized spacial score (nSPS) is 14.0. The first kappa shape index (κ1) is 18.2. The third-order valence-corrected chi connectivity index (χ3v) is 3.34. The van der Waals surface area contributed by atoms with E-state index in [0.717, 1.165) is 5.56 Å². The van der Waals surface area contributed by atoms with E-state index in [9.17, 15) is 9.59 Å². The molecule has 1 aromatic rings. The topological polar surface area (TPSA) is 67.4 Å². The largest absolute Gasteiger partial charge is 0.375 e. The van der Waals surface area contributed by atoms with Gasteiger partial charge >= 0.3 is 0 Å². The van der Waals surface area contributed by atoms with Crippen molar-refractivity contribution in [1.29, 1.82) is 0 Å². The maximum absolute atomic E-state index is 12.1. The minimum absolute atomic E-state index is 0.151. The fraction of sp³-hybridized carbons (Fsp3) is 0.529. The molecule has 2 atom stereocenters. The van der Waals surface area contributed by atoms with Gasteiger partial charge in [-0.3, -0.25) is 9.59 Å². The lowest BCUT2D eigenvalue weighted by Gasteiger charge is -2.22. The van der Waals surface area contributed by atoms with Crippen LogP contribution in [0.3, 0.4) is 0 Å². The van der Waals surface area contributed by atoms with Crippen LogP contribution in [0, 0.1) is 5.41 Å². The quantitative estimate of drug-likeness (QED) is 0.845. The lowest BCUT2D eigenvalue weighted by molar-refractivity contribution is -0.133. The van der Waals surface area contributed by atoms with Crippen LogP contribution in [0.15, 0.2) is 30.3 Å². The summed E-state index contributed by atoms with van der Waals surface area (Å²) in [7, 11) is 1.61. The van der Waals surface area contributed by atoms with Gasteiger partial charge in [0.05, 0.1) is 6.10 Å². The fourth-order valence-electron chi connectivity index (χ4n) is 1.83. The maximum atomic E-state index is 12.1. The standard InChI is InChI=1S/C17H26N2O3/c1-12(19-16(21)17(2,3)4)15(20)18-11-14(22-5)13-9-7-6-8-10-13/h6-10,12,14H,11H2,1-5H3,(H,18,20)(H,19,21). The van der Waals surface area contributed by atoms with Crippen molar-refractivity contribution in [1.82, 2.24) is 10.6 Å². The van der Waals surface area contributed by atoms with E-state index in [1.54, 1.807) is 14.0 Å². The van der Waals surface area contributed by atoms with E-state index >= 15 is 0 Å². The van der Waals surface area contributed by atoms with Gasteiger partial charge in [-0.25, -0.2) is 0 Å².